The summed E-state index contributed by atoms with van der Waals surface area (Å²) in [6.45, 7) is 4.68. The van der Waals surface area contributed by atoms with Crippen molar-refractivity contribution in [3.63, 3.8) is 0 Å². The second kappa shape index (κ2) is 11.5. The zero-order chi connectivity index (χ0) is 19.6. The van der Waals surface area contributed by atoms with Crippen LogP contribution in [-0.2, 0) is 22.6 Å². The molecule has 2 aliphatic rings. The molecule has 2 aliphatic heterocycles. The predicted octanol–water partition coefficient (Wildman–Crippen LogP) is 1.97. The molecule has 2 heterocycles. The maximum absolute atomic E-state index is 5.58. The van der Waals surface area contributed by atoms with Crippen molar-refractivity contribution in [1.29, 1.82) is 0 Å². The number of hydrogen-bond acceptors (Lipinski definition) is 4. The van der Waals surface area contributed by atoms with Crippen molar-refractivity contribution in [3.8, 4) is 0 Å². The Labute approximate surface area is 178 Å². The van der Waals surface area contributed by atoms with E-state index < -0.39 is 0 Å². The van der Waals surface area contributed by atoms with E-state index in [-0.39, 0.29) is 12.2 Å². The lowest BCUT2D eigenvalue weighted by Gasteiger charge is -2.15. The highest BCUT2D eigenvalue weighted by Crippen LogP contribution is 2.11. The molecule has 0 amide bonds. The highest BCUT2D eigenvalue weighted by molar-refractivity contribution is 7.80. The summed E-state index contributed by atoms with van der Waals surface area (Å²) < 4.78 is 11.2. The van der Waals surface area contributed by atoms with Gasteiger partial charge in [0.05, 0.1) is 12.2 Å². The molecular weight excluding hydrogens is 392 g/mol. The van der Waals surface area contributed by atoms with Crippen LogP contribution in [0.3, 0.4) is 0 Å². The number of ether oxygens (including phenoxy) is 2. The molecule has 0 bridgehead atoms. The molecule has 154 valence electrons. The fourth-order valence-electron chi connectivity index (χ4n) is 3.29. The second-order valence-electron chi connectivity index (χ2n) is 7.21. The smallest absolute Gasteiger partial charge is 0.166 e. The minimum Gasteiger partial charge on any atom is -0.376 e. The quantitative estimate of drug-likeness (QED) is 0.474. The molecule has 2 saturated heterocycles. The molecule has 1 aromatic carbocycles. The molecule has 2 fully saturated rings. The van der Waals surface area contributed by atoms with Gasteiger partial charge in [-0.1, -0.05) is 24.3 Å². The van der Waals surface area contributed by atoms with Gasteiger partial charge in [0.1, 0.15) is 0 Å². The van der Waals surface area contributed by atoms with Gasteiger partial charge in [-0.25, -0.2) is 0 Å². The van der Waals surface area contributed by atoms with E-state index in [9.17, 15) is 0 Å². The lowest BCUT2D eigenvalue weighted by molar-refractivity contribution is 0.114. The molecule has 28 heavy (non-hydrogen) atoms. The largest absolute Gasteiger partial charge is 0.376 e. The first-order chi connectivity index (χ1) is 13.7. The first kappa shape index (κ1) is 21.2. The molecule has 0 spiro atoms. The summed E-state index contributed by atoms with van der Waals surface area (Å²) in [5.41, 5.74) is 2.37. The Kier molecular flexibility index (Phi) is 8.72. The van der Waals surface area contributed by atoms with Crippen molar-refractivity contribution in [2.45, 2.75) is 51.0 Å². The Morgan fingerprint density at radius 2 is 1.18 bits per heavy atom. The Hall–Kier alpha value is -1.48. The van der Waals surface area contributed by atoms with Gasteiger partial charge in [-0.15, -0.1) is 0 Å². The van der Waals surface area contributed by atoms with Crippen LogP contribution in [0.15, 0.2) is 24.3 Å². The van der Waals surface area contributed by atoms with E-state index in [0.29, 0.717) is 23.3 Å². The average molecular weight is 423 g/mol. The van der Waals surface area contributed by atoms with Crippen LogP contribution in [0.5, 0.6) is 0 Å². The van der Waals surface area contributed by atoms with Crippen LogP contribution in [0.2, 0.25) is 0 Å². The lowest BCUT2D eigenvalue weighted by atomic mass is 10.1. The molecule has 3 rings (SSSR count). The summed E-state index contributed by atoms with van der Waals surface area (Å²) in [5.74, 6) is 0. The Bertz CT molecular complexity index is 575. The Morgan fingerprint density at radius 1 is 0.750 bits per heavy atom. The van der Waals surface area contributed by atoms with Gasteiger partial charge in [0.15, 0.2) is 10.2 Å². The van der Waals surface area contributed by atoms with Gasteiger partial charge in [0.25, 0.3) is 0 Å². The molecule has 4 N–H and O–H groups in total. The van der Waals surface area contributed by atoms with Gasteiger partial charge in [0, 0.05) is 39.4 Å². The first-order valence-electron chi connectivity index (χ1n) is 10.0. The maximum Gasteiger partial charge on any atom is 0.166 e. The van der Waals surface area contributed by atoms with Gasteiger partial charge >= 0.3 is 0 Å². The van der Waals surface area contributed by atoms with Crippen molar-refractivity contribution in [3.05, 3.63) is 35.4 Å². The SMILES string of the molecule is S=C(NCc1ccc(CNC(=S)NC[C@H]2CCCO2)cc1)NC[C@H]1CCCO1. The third-order valence-corrected chi connectivity index (χ3v) is 5.54. The summed E-state index contributed by atoms with van der Waals surface area (Å²) in [6.07, 6.45) is 5.08. The van der Waals surface area contributed by atoms with Crippen LogP contribution < -0.4 is 21.3 Å². The van der Waals surface area contributed by atoms with Gasteiger partial charge in [-0.2, -0.15) is 0 Å². The van der Waals surface area contributed by atoms with Gasteiger partial charge in [0.2, 0.25) is 0 Å². The lowest BCUT2D eigenvalue weighted by Crippen LogP contribution is -2.39. The van der Waals surface area contributed by atoms with Crippen LogP contribution in [0.1, 0.15) is 36.8 Å². The highest BCUT2D eigenvalue weighted by Gasteiger charge is 2.16. The van der Waals surface area contributed by atoms with Crippen LogP contribution in [0, 0.1) is 0 Å². The molecule has 0 aliphatic carbocycles. The topological polar surface area (TPSA) is 66.6 Å². The van der Waals surface area contributed by atoms with E-state index in [2.05, 4.69) is 45.5 Å². The Morgan fingerprint density at radius 3 is 1.54 bits per heavy atom. The molecule has 0 unspecified atom stereocenters. The third-order valence-electron chi connectivity index (χ3n) is 4.96. The molecule has 8 heteroatoms. The standard InChI is InChI=1S/C20H30N4O2S2/c27-19(23-13-17-3-1-9-25-17)21-11-15-5-7-16(8-6-15)12-22-20(28)24-14-18-4-2-10-26-18/h5-8,17-18H,1-4,9-14H2,(H2,21,23,27)(H2,22,24,28)/t17-,18-/m1/s1. The van der Waals surface area contributed by atoms with Gasteiger partial charge < -0.3 is 30.7 Å². The van der Waals surface area contributed by atoms with E-state index in [0.717, 1.165) is 52.0 Å². The van der Waals surface area contributed by atoms with Crippen LogP contribution in [-0.4, -0.2) is 48.7 Å². The normalized spacial score (nSPS) is 21.3. The van der Waals surface area contributed by atoms with E-state index in [1.165, 1.54) is 11.1 Å². The first-order valence-corrected chi connectivity index (χ1v) is 10.8. The van der Waals surface area contributed by atoms with Gasteiger partial charge in [-0.05, 0) is 61.2 Å². The fraction of sp³-hybridized carbons (Fsp3) is 0.600. The van der Waals surface area contributed by atoms with E-state index in [1.54, 1.807) is 0 Å². The van der Waals surface area contributed by atoms with Crippen molar-refractivity contribution in [2.24, 2.45) is 0 Å². The number of nitrogens with one attached hydrogen (secondary N) is 4. The molecule has 0 saturated carbocycles. The van der Waals surface area contributed by atoms with Crippen LogP contribution in [0.25, 0.3) is 0 Å². The molecular formula is C20H30N4O2S2. The number of thiocarbonyl (C=S) groups is 2. The van der Waals surface area contributed by atoms with Gasteiger partial charge in [-0.3, -0.25) is 0 Å². The zero-order valence-corrected chi connectivity index (χ0v) is 17.8. The number of rotatable bonds is 8. The molecule has 2 atom stereocenters. The highest BCUT2D eigenvalue weighted by atomic mass is 32.1. The van der Waals surface area contributed by atoms with Crippen molar-refractivity contribution in [1.82, 2.24) is 21.3 Å². The number of benzene rings is 1. The van der Waals surface area contributed by atoms with Crippen molar-refractivity contribution < 1.29 is 9.47 Å². The van der Waals surface area contributed by atoms with E-state index >= 15 is 0 Å². The summed E-state index contributed by atoms with van der Waals surface area (Å²) >= 11 is 10.7. The number of hydrogen-bond donors (Lipinski definition) is 4. The summed E-state index contributed by atoms with van der Waals surface area (Å²) in [4.78, 5) is 0. The maximum atomic E-state index is 5.58. The minimum absolute atomic E-state index is 0.290. The zero-order valence-electron chi connectivity index (χ0n) is 16.2. The minimum atomic E-state index is 0.290. The van der Waals surface area contributed by atoms with Crippen molar-refractivity contribution in [2.75, 3.05) is 26.3 Å². The van der Waals surface area contributed by atoms with Crippen molar-refractivity contribution >= 4 is 34.7 Å². The molecule has 1 aromatic rings. The fourth-order valence-corrected chi connectivity index (χ4v) is 3.60. The van der Waals surface area contributed by atoms with E-state index in [4.69, 9.17) is 33.9 Å². The molecule has 0 aromatic heterocycles. The Balaban J connectivity index is 1.29. The molecule has 0 radical (unpaired) electrons. The summed E-state index contributed by atoms with van der Waals surface area (Å²) in [6, 6.07) is 8.43. The monoisotopic (exact) mass is 422 g/mol. The summed E-state index contributed by atoms with van der Waals surface area (Å²) in [5, 5.41) is 14.3. The summed E-state index contributed by atoms with van der Waals surface area (Å²) in [7, 11) is 0. The second-order valence-corrected chi connectivity index (χ2v) is 8.03. The molecule has 6 nitrogen and oxygen atoms in total. The average Bonchev–Trinajstić information content (AvgIpc) is 3.42. The van der Waals surface area contributed by atoms with Crippen LogP contribution >= 0.6 is 24.4 Å². The van der Waals surface area contributed by atoms with E-state index in [1.807, 2.05) is 0 Å². The predicted molar refractivity (Wildman–Crippen MR) is 119 cm³/mol. The third kappa shape index (κ3) is 7.50. The van der Waals surface area contributed by atoms with Crippen LogP contribution in [0.4, 0.5) is 0 Å².